The van der Waals surface area contributed by atoms with Crippen molar-refractivity contribution in [2.45, 2.75) is 25.4 Å². The fourth-order valence-electron chi connectivity index (χ4n) is 3.67. The monoisotopic (exact) mass is 315 g/mol. The van der Waals surface area contributed by atoms with E-state index in [0.717, 1.165) is 25.2 Å². The second-order valence-electron chi connectivity index (χ2n) is 6.52. The van der Waals surface area contributed by atoms with E-state index in [1.54, 1.807) is 0 Å². The smallest absolute Gasteiger partial charge is 0.0686 e. The van der Waals surface area contributed by atoms with Crippen LogP contribution in [0, 0.1) is 12.3 Å². The minimum absolute atomic E-state index is 0.439. The zero-order valence-corrected chi connectivity index (χ0v) is 13.7. The first kappa shape index (κ1) is 15.0. The summed E-state index contributed by atoms with van der Waals surface area (Å²) in [7, 11) is 0. The lowest BCUT2D eigenvalue weighted by Crippen LogP contribution is -2.36. The molecule has 1 saturated heterocycles. The lowest BCUT2D eigenvalue weighted by Gasteiger charge is -2.33. The molecule has 3 heteroatoms. The van der Waals surface area contributed by atoms with Crippen molar-refractivity contribution in [3.8, 4) is 12.3 Å². The minimum atomic E-state index is 0.439. The van der Waals surface area contributed by atoms with E-state index < -0.39 is 0 Å². The van der Waals surface area contributed by atoms with Gasteiger partial charge in [0, 0.05) is 24.0 Å². The van der Waals surface area contributed by atoms with Crippen LogP contribution >= 0.6 is 0 Å². The summed E-state index contributed by atoms with van der Waals surface area (Å²) >= 11 is 0. The zero-order valence-electron chi connectivity index (χ0n) is 13.7. The number of terminal acetylenes is 1. The molecule has 0 spiro atoms. The third kappa shape index (κ3) is 2.93. The third-order valence-corrected chi connectivity index (χ3v) is 4.83. The number of likely N-dealkylation sites (tertiary alicyclic amines) is 1. The molecule has 0 aliphatic carbocycles. The van der Waals surface area contributed by atoms with E-state index >= 15 is 0 Å². The number of hydrogen-bond acceptors (Lipinski definition) is 2. The van der Waals surface area contributed by atoms with Crippen LogP contribution in [0.15, 0.2) is 54.7 Å². The molecule has 2 heterocycles. The maximum Gasteiger partial charge on any atom is 0.0686 e. The average Bonchev–Trinajstić information content (AvgIpc) is 3.06. The Labute approximate surface area is 142 Å². The van der Waals surface area contributed by atoms with Crippen molar-refractivity contribution in [3.05, 3.63) is 65.9 Å². The summed E-state index contributed by atoms with van der Waals surface area (Å²) in [4.78, 5) is 2.51. The molecule has 0 N–H and O–H groups in total. The molecule has 0 bridgehead atoms. The fraction of sp³-hybridized carbons (Fsp3) is 0.286. The largest absolute Gasteiger partial charge is 0.297 e. The van der Waals surface area contributed by atoms with Crippen molar-refractivity contribution in [1.29, 1.82) is 0 Å². The van der Waals surface area contributed by atoms with Crippen LogP contribution in [-0.2, 0) is 6.54 Å². The molecule has 0 amide bonds. The molecule has 24 heavy (non-hydrogen) atoms. The fourth-order valence-corrected chi connectivity index (χ4v) is 3.67. The first-order valence-corrected chi connectivity index (χ1v) is 8.53. The van der Waals surface area contributed by atoms with Crippen LogP contribution in [0.25, 0.3) is 10.9 Å². The Kier molecular flexibility index (Phi) is 4.06. The molecule has 1 fully saturated rings. The number of para-hydroxylation sites is 1. The average molecular weight is 315 g/mol. The van der Waals surface area contributed by atoms with E-state index in [2.05, 4.69) is 57.0 Å². The lowest BCUT2D eigenvalue weighted by atomic mass is 10.0. The van der Waals surface area contributed by atoms with Gasteiger partial charge in [-0.2, -0.15) is 5.10 Å². The summed E-state index contributed by atoms with van der Waals surface area (Å²) in [6.07, 6.45) is 9.88. The minimum Gasteiger partial charge on any atom is -0.297 e. The highest BCUT2D eigenvalue weighted by Crippen LogP contribution is 2.26. The highest BCUT2D eigenvalue weighted by atomic mass is 15.3. The normalized spacial score (nSPS) is 18.5. The van der Waals surface area contributed by atoms with E-state index in [1.165, 1.54) is 29.3 Å². The van der Waals surface area contributed by atoms with E-state index in [1.807, 2.05) is 18.3 Å². The van der Waals surface area contributed by atoms with Crippen LogP contribution in [0.2, 0.25) is 0 Å². The molecule has 3 aromatic rings. The van der Waals surface area contributed by atoms with Gasteiger partial charge in [0.15, 0.2) is 0 Å². The Morgan fingerprint density at radius 1 is 1.17 bits per heavy atom. The van der Waals surface area contributed by atoms with Gasteiger partial charge in [0.1, 0.15) is 0 Å². The van der Waals surface area contributed by atoms with E-state index in [-0.39, 0.29) is 0 Å². The van der Waals surface area contributed by atoms with Crippen LogP contribution in [0.5, 0.6) is 0 Å². The molecule has 120 valence electrons. The van der Waals surface area contributed by atoms with Crippen LogP contribution in [0.1, 0.15) is 30.0 Å². The molecule has 4 rings (SSSR count). The highest BCUT2D eigenvalue weighted by molar-refractivity contribution is 5.78. The predicted octanol–water partition coefficient (Wildman–Crippen LogP) is 3.85. The van der Waals surface area contributed by atoms with Crippen molar-refractivity contribution >= 4 is 10.9 Å². The standard InChI is InChI=1S/C21H21N3/c1-2-17-7-5-8-18(13-17)15-23-12-6-10-20(16-23)24-21-11-4-3-9-19(21)14-22-24/h1,3-5,7-9,11,13-14,20H,6,10,12,15-16H2/t20-/m1/s1. The van der Waals surface area contributed by atoms with Crippen LogP contribution in [0.3, 0.4) is 0 Å². The van der Waals surface area contributed by atoms with Crippen molar-refractivity contribution < 1.29 is 0 Å². The summed E-state index contributed by atoms with van der Waals surface area (Å²) in [5.74, 6) is 2.72. The number of nitrogens with zero attached hydrogens (tertiary/aromatic N) is 3. The molecule has 1 aromatic heterocycles. The number of benzene rings is 2. The molecule has 1 aliphatic heterocycles. The van der Waals surface area contributed by atoms with Crippen molar-refractivity contribution in [2.75, 3.05) is 13.1 Å². The van der Waals surface area contributed by atoms with E-state index in [0.29, 0.717) is 6.04 Å². The van der Waals surface area contributed by atoms with Gasteiger partial charge in [-0.05, 0) is 43.1 Å². The van der Waals surface area contributed by atoms with Gasteiger partial charge in [-0.15, -0.1) is 6.42 Å². The number of rotatable bonds is 3. The zero-order chi connectivity index (χ0) is 16.4. The highest BCUT2D eigenvalue weighted by Gasteiger charge is 2.23. The molecule has 3 nitrogen and oxygen atoms in total. The summed E-state index contributed by atoms with van der Waals surface area (Å²) in [5.41, 5.74) is 3.48. The summed E-state index contributed by atoms with van der Waals surface area (Å²) in [6.45, 7) is 3.12. The molecule has 0 unspecified atom stereocenters. The van der Waals surface area contributed by atoms with Gasteiger partial charge in [0.2, 0.25) is 0 Å². The van der Waals surface area contributed by atoms with Crippen LogP contribution < -0.4 is 0 Å². The Hall–Kier alpha value is -2.57. The number of piperidine rings is 1. The first-order valence-electron chi connectivity index (χ1n) is 8.53. The molecule has 0 radical (unpaired) electrons. The maximum absolute atomic E-state index is 5.52. The molecule has 1 atom stereocenters. The number of hydrogen-bond donors (Lipinski definition) is 0. The van der Waals surface area contributed by atoms with Gasteiger partial charge >= 0.3 is 0 Å². The van der Waals surface area contributed by atoms with Crippen LogP contribution in [-0.4, -0.2) is 27.8 Å². The molecule has 0 saturated carbocycles. The first-order chi connectivity index (χ1) is 11.8. The van der Waals surface area contributed by atoms with Gasteiger partial charge in [-0.3, -0.25) is 9.58 Å². The molecule has 2 aromatic carbocycles. The Bertz CT molecular complexity index is 887. The number of aromatic nitrogens is 2. The summed E-state index contributed by atoms with van der Waals surface area (Å²) in [6, 6.07) is 17.2. The lowest BCUT2D eigenvalue weighted by molar-refractivity contribution is 0.165. The van der Waals surface area contributed by atoms with Gasteiger partial charge in [-0.1, -0.05) is 36.3 Å². The molecular weight excluding hydrogens is 294 g/mol. The SMILES string of the molecule is C#Cc1cccc(CN2CCC[C@@H](n3ncc4ccccc43)C2)c1. The molecular formula is C21H21N3. The predicted molar refractivity (Wildman–Crippen MR) is 97.7 cm³/mol. The second-order valence-corrected chi connectivity index (χ2v) is 6.52. The number of fused-ring (bicyclic) bond motifs is 1. The Morgan fingerprint density at radius 2 is 2.08 bits per heavy atom. The second kappa shape index (κ2) is 6.51. The Balaban J connectivity index is 1.52. The van der Waals surface area contributed by atoms with Gasteiger partial charge in [0.05, 0.1) is 17.8 Å². The van der Waals surface area contributed by atoms with Crippen molar-refractivity contribution in [1.82, 2.24) is 14.7 Å². The van der Waals surface area contributed by atoms with Crippen molar-refractivity contribution in [2.24, 2.45) is 0 Å². The summed E-state index contributed by atoms with van der Waals surface area (Å²) in [5, 5.41) is 5.87. The van der Waals surface area contributed by atoms with E-state index in [9.17, 15) is 0 Å². The van der Waals surface area contributed by atoms with E-state index in [4.69, 9.17) is 6.42 Å². The van der Waals surface area contributed by atoms with Gasteiger partial charge < -0.3 is 0 Å². The third-order valence-electron chi connectivity index (χ3n) is 4.83. The maximum atomic E-state index is 5.52. The van der Waals surface area contributed by atoms with Gasteiger partial charge in [0.25, 0.3) is 0 Å². The topological polar surface area (TPSA) is 21.1 Å². The van der Waals surface area contributed by atoms with Crippen LogP contribution in [0.4, 0.5) is 0 Å². The van der Waals surface area contributed by atoms with Gasteiger partial charge in [-0.25, -0.2) is 0 Å². The quantitative estimate of drug-likeness (QED) is 0.685. The van der Waals surface area contributed by atoms with Crippen molar-refractivity contribution in [3.63, 3.8) is 0 Å². The Morgan fingerprint density at radius 3 is 3.00 bits per heavy atom. The molecule has 1 aliphatic rings. The summed E-state index contributed by atoms with van der Waals surface area (Å²) < 4.78 is 2.21.